The molecule has 27 heavy (non-hydrogen) atoms. The van der Waals surface area contributed by atoms with E-state index in [9.17, 15) is 0 Å². The number of halogens is 2. The van der Waals surface area contributed by atoms with Crippen LogP contribution in [0, 0.1) is 0 Å². The number of nitrogens with zero attached hydrogens (tertiary/aromatic N) is 2. The van der Waals surface area contributed by atoms with Crippen LogP contribution in [-0.4, -0.2) is 36.1 Å². The molecule has 2 aromatic carbocycles. The normalized spacial score (nSPS) is 14.4. The molecular formula is C21H18Cl2N2OS. The number of benzene rings is 2. The quantitative estimate of drug-likeness (QED) is 0.505. The monoisotopic (exact) mass is 416 g/mol. The van der Waals surface area contributed by atoms with E-state index < -0.39 is 0 Å². The third-order valence-corrected chi connectivity index (χ3v) is 5.71. The molecule has 0 radical (unpaired) electrons. The van der Waals surface area contributed by atoms with Gasteiger partial charge in [0.2, 0.25) is 0 Å². The molecule has 0 N–H and O–H groups in total. The summed E-state index contributed by atoms with van der Waals surface area (Å²) in [6.45, 7) is 3.60. The van der Waals surface area contributed by atoms with Crippen molar-refractivity contribution in [1.29, 1.82) is 0 Å². The molecule has 1 fully saturated rings. The van der Waals surface area contributed by atoms with Crippen molar-refractivity contribution in [3.8, 4) is 11.3 Å². The molecule has 0 bridgehead atoms. The Balaban J connectivity index is 1.44. The predicted molar refractivity (Wildman–Crippen MR) is 116 cm³/mol. The van der Waals surface area contributed by atoms with Gasteiger partial charge in [-0.05, 0) is 42.5 Å². The van der Waals surface area contributed by atoms with Crippen LogP contribution in [0.1, 0.15) is 5.76 Å². The molecule has 0 spiro atoms. The van der Waals surface area contributed by atoms with Crippen molar-refractivity contribution in [2.45, 2.75) is 0 Å². The van der Waals surface area contributed by atoms with Gasteiger partial charge in [-0.25, -0.2) is 0 Å². The zero-order valence-corrected chi connectivity index (χ0v) is 16.9. The molecule has 3 nitrogen and oxygen atoms in total. The van der Waals surface area contributed by atoms with Gasteiger partial charge in [-0.1, -0.05) is 53.6 Å². The average molecular weight is 417 g/mol. The Morgan fingerprint density at radius 1 is 0.889 bits per heavy atom. The van der Waals surface area contributed by atoms with Gasteiger partial charge in [-0.3, -0.25) is 0 Å². The highest BCUT2D eigenvalue weighted by molar-refractivity contribution is 7.80. The van der Waals surface area contributed by atoms with E-state index in [4.69, 9.17) is 39.8 Å². The molecule has 138 valence electrons. The van der Waals surface area contributed by atoms with Gasteiger partial charge in [0, 0.05) is 42.5 Å². The first-order chi connectivity index (χ1) is 13.1. The van der Waals surface area contributed by atoms with E-state index in [1.165, 1.54) is 5.69 Å². The Morgan fingerprint density at radius 2 is 1.63 bits per heavy atom. The minimum atomic E-state index is 0.561. The van der Waals surface area contributed by atoms with Gasteiger partial charge in [-0.2, -0.15) is 0 Å². The Kier molecular flexibility index (Phi) is 5.39. The second-order valence-electron chi connectivity index (χ2n) is 6.40. The number of thiocarbonyl (C=S) groups is 1. The minimum Gasteiger partial charge on any atom is -0.454 e. The zero-order chi connectivity index (χ0) is 18.8. The lowest BCUT2D eigenvalue weighted by atomic mass is 10.2. The largest absolute Gasteiger partial charge is 0.454 e. The number of anilines is 1. The van der Waals surface area contributed by atoms with Gasteiger partial charge in [0.25, 0.3) is 0 Å². The van der Waals surface area contributed by atoms with Gasteiger partial charge in [0.05, 0.1) is 5.02 Å². The molecule has 0 aliphatic carbocycles. The maximum atomic E-state index is 6.28. The van der Waals surface area contributed by atoms with Crippen molar-refractivity contribution < 1.29 is 4.42 Å². The topological polar surface area (TPSA) is 19.6 Å². The van der Waals surface area contributed by atoms with Crippen LogP contribution in [-0.2, 0) is 0 Å². The number of piperazine rings is 1. The summed E-state index contributed by atoms with van der Waals surface area (Å²) in [7, 11) is 0. The van der Waals surface area contributed by atoms with Crippen LogP contribution >= 0.6 is 35.4 Å². The van der Waals surface area contributed by atoms with E-state index in [-0.39, 0.29) is 0 Å². The van der Waals surface area contributed by atoms with Crippen molar-refractivity contribution in [1.82, 2.24) is 4.90 Å². The van der Waals surface area contributed by atoms with Crippen LogP contribution in [0.3, 0.4) is 0 Å². The van der Waals surface area contributed by atoms with Crippen LogP contribution in [0.5, 0.6) is 0 Å². The molecule has 1 aliphatic heterocycles. The number of hydrogen-bond acceptors (Lipinski definition) is 3. The Labute approximate surface area is 174 Å². The standard InChI is InChI=1S/C21H18Cl2N2OS/c22-15-6-7-17(18(23)14-15)19-8-9-20(26-19)21(27)25-12-10-24(11-13-25)16-4-2-1-3-5-16/h1-9,14H,10-13H2. The third-order valence-electron chi connectivity index (χ3n) is 4.70. The van der Waals surface area contributed by atoms with E-state index in [0.717, 1.165) is 36.7 Å². The van der Waals surface area contributed by atoms with Crippen LogP contribution in [0.4, 0.5) is 5.69 Å². The number of para-hydroxylation sites is 1. The summed E-state index contributed by atoms with van der Waals surface area (Å²) in [5, 5.41) is 1.16. The predicted octanol–water partition coefficient (Wildman–Crippen LogP) is 5.75. The van der Waals surface area contributed by atoms with Crippen LogP contribution in [0.25, 0.3) is 11.3 Å². The van der Waals surface area contributed by atoms with Crippen LogP contribution in [0.2, 0.25) is 10.0 Å². The van der Waals surface area contributed by atoms with E-state index in [1.807, 2.05) is 24.3 Å². The third kappa shape index (κ3) is 3.98. The molecule has 1 saturated heterocycles. The molecule has 1 aliphatic rings. The molecule has 1 aromatic heterocycles. The van der Waals surface area contributed by atoms with Crippen molar-refractivity contribution >= 4 is 46.1 Å². The molecule has 0 saturated carbocycles. The van der Waals surface area contributed by atoms with Crippen molar-refractivity contribution in [3.63, 3.8) is 0 Å². The molecule has 0 unspecified atom stereocenters. The maximum Gasteiger partial charge on any atom is 0.162 e. The lowest BCUT2D eigenvalue weighted by Crippen LogP contribution is -2.48. The molecule has 6 heteroatoms. The average Bonchev–Trinajstić information content (AvgIpc) is 3.18. The summed E-state index contributed by atoms with van der Waals surface area (Å²) in [6.07, 6.45) is 0. The first-order valence-corrected chi connectivity index (χ1v) is 9.93. The number of hydrogen-bond donors (Lipinski definition) is 0. The van der Waals surface area contributed by atoms with Gasteiger partial charge in [0.15, 0.2) is 5.76 Å². The highest BCUT2D eigenvalue weighted by Crippen LogP contribution is 2.32. The Bertz CT molecular complexity index is 950. The highest BCUT2D eigenvalue weighted by atomic mass is 35.5. The molecule has 0 amide bonds. The van der Waals surface area contributed by atoms with E-state index in [1.54, 1.807) is 12.1 Å². The smallest absolute Gasteiger partial charge is 0.162 e. The van der Waals surface area contributed by atoms with Crippen molar-refractivity contribution in [2.75, 3.05) is 31.1 Å². The fourth-order valence-electron chi connectivity index (χ4n) is 3.25. The molecular weight excluding hydrogens is 399 g/mol. The van der Waals surface area contributed by atoms with Gasteiger partial charge in [0.1, 0.15) is 10.7 Å². The van der Waals surface area contributed by atoms with E-state index in [0.29, 0.717) is 21.6 Å². The van der Waals surface area contributed by atoms with E-state index >= 15 is 0 Å². The molecule has 0 atom stereocenters. The summed E-state index contributed by atoms with van der Waals surface area (Å²) >= 11 is 17.9. The summed E-state index contributed by atoms with van der Waals surface area (Å²) in [4.78, 5) is 5.31. The van der Waals surface area contributed by atoms with Crippen molar-refractivity contribution in [2.24, 2.45) is 0 Å². The van der Waals surface area contributed by atoms with Gasteiger partial charge in [-0.15, -0.1) is 0 Å². The summed E-state index contributed by atoms with van der Waals surface area (Å²) in [6, 6.07) is 19.6. The lowest BCUT2D eigenvalue weighted by Gasteiger charge is -2.37. The number of rotatable bonds is 3. The van der Waals surface area contributed by atoms with Crippen LogP contribution in [0.15, 0.2) is 65.1 Å². The van der Waals surface area contributed by atoms with E-state index in [2.05, 4.69) is 34.1 Å². The number of furan rings is 1. The first kappa shape index (κ1) is 18.4. The lowest BCUT2D eigenvalue weighted by molar-refractivity contribution is 0.385. The SMILES string of the molecule is S=C(c1ccc(-c2ccc(Cl)cc2Cl)o1)N1CCN(c2ccccc2)CC1. The second kappa shape index (κ2) is 7.93. The summed E-state index contributed by atoms with van der Waals surface area (Å²) in [5.41, 5.74) is 2.06. The van der Waals surface area contributed by atoms with Crippen LogP contribution < -0.4 is 4.90 Å². The molecule has 2 heterocycles. The summed E-state index contributed by atoms with van der Waals surface area (Å²) < 4.78 is 5.99. The zero-order valence-electron chi connectivity index (χ0n) is 14.6. The van der Waals surface area contributed by atoms with Gasteiger partial charge >= 0.3 is 0 Å². The Hall–Kier alpha value is -2.01. The Morgan fingerprint density at radius 3 is 2.33 bits per heavy atom. The first-order valence-electron chi connectivity index (χ1n) is 8.76. The van der Waals surface area contributed by atoms with Crippen molar-refractivity contribution in [3.05, 3.63) is 76.5 Å². The van der Waals surface area contributed by atoms with Gasteiger partial charge < -0.3 is 14.2 Å². The maximum absolute atomic E-state index is 6.28. The second-order valence-corrected chi connectivity index (χ2v) is 7.63. The fourth-order valence-corrected chi connectivity index (χ4v) is 4.04. The molecule has 4 rings (SSSR count). The fraction of sp³-hybridized carbons (Fsp3) is 0.190. The summed E-state index contributed by atoms with van der Waals surface area (Å²) in [5.74, 6) is 1.39. The minimum absolute atomic E-state index is 0.561. The molecule has 3 aromatic rings. The highest BCUT2D eigenvalue weighted by Gasteiger charge is 2.22.